The van der Waals surface area contributed by atoms with Crippen molar-refractivity contribution in [3.8, 4) is 0 Å². The summed E-state index contributed by atoms with van der Waals surface area (Å²) in [7, 11) is 0. The molecule has 0 heterocycles. The van der Waals surface area contributed by atoms with Crippen LogP contribution in [0.5, 0.6) is 0 Å². The Kier molecular flexibility index (Phi) is 5.89. The summed E-state index contributed by atoms with van der Waals surface area (Å²) < 4.78 is 10.9. The summed E-state index contributed by atoms with van der Waals surface area (Å²) in [6, 6.07) is 9.75. The average molecular weight is 262 g/mol. The monoisotopic (exact) mass is 262 g/mol. The van der Waals surface area contributed by atoms with Gasteiger partial charge in [-0.15, -0.1) is 0 Å². The molecule has 1 fully saturated rings. The smallest absolute Gasteiger partial charge is 0.306 e. The van der Waals surface area contributed by atoms with E-state index in [9.17, 15) is 4.79 Å². The molecule has 3 nitrogen and oxygen atoms in total. The standard InChI is InChI=1S/C16H22O3/c17-16(19-13-14-7-2-1-3-8-14)11-6-12-18-15-9-4-5-10-15/h1-3,7-8,15H,4-6,9-13H2. The van der Waals surface area contributed by atoms with E-state index in [0.717, 1.165) is 12.0 Å². The molecular weight excluding hydrogens is 240 g/mol. The van der Waals surface area contributed by atoms with E-state index in [1.165, 1.54) is 25.7 Å². The SMILES string of the molecule is O=C(CCCOC1CCCC1)OCc1ccccc1. The third kappa shape index (κ3) is 5.43. The maximum absolute atomic E-state index is 11.5. The van der Waals surface area contributed by atoms with Crippen molar-refractivity contribution in [3.63, 3.8) is 0 Å². The number of ether oxygens (including phenoxy) is 2. The topological polar surface area (TPSA) is 35.5 Å². The van der Waals surface area contributed by atoms with Crippen LogP contribution in [0.2, 0.25) is 0 Å². The Labute approximate surface area is 114 Å². The maximum Gasteiger partial charge on any atom is 0.306 e. The highest BCUT2D eigenvalue weighted by Crippen LogP contribution is 2.21. The van der Waals surface area contributed by atoms with Crippen LogP contribution in [0.25, 0.3) is 0 Å². The Balaban J connectivity index is 1.52. The lowest BCUT2D eigenvalue weighted by Gasteiger charge is -2.10. The lowest BCUT2D eigenvalue weighted by molar-refractivity contribution is -0.145. The van der Waals surface area contributed by atoms with Gasteiger partial charge in [0.1, 0.15) is 6.61 Å². The molecule has 1 aromatic rings. The number of rotatable bonds is 7. The van der Waals surface area contributed by atoms with Crippen LogP contribution in [0.4, 0.5) is 0 Å². The molecule has 0 N–H and O–H groups in total. The van der Waals surface area contributed by atoms with Gasteiger partial charge < -0.3 is 9.47 Å². The summed E-state index contributed by atoms with van der Waals surface area (Å²) in [6.45, 7) is 1.04. The van der Waals surface area contributed by atoms with E-state index < -0.39 is 0 Å². The van der Waals surface area contributed by atoms with Gasteiger partial charge in [0.05, 0.1) is 6.10 Å². The number of carbonyl (C=O) groups excluding carboxylic acids is 1. The van der Waals surface area contributed by atoms with E-state index in [0.29, 0.717) is 25.7 Å². The zero-order valence-corrected chi connectivity index (χ0v) is 11.3. The van der Waals surface area contributed by atoms with Crippen LogP contribution in [0.1, 0.15) is 44.1 Å². The van der Waals surface area contributed by atoms with Crippen LogP contribution in [-0.2, 0) is 20.9 Å². The fourth-order valence-electron chi connectivity index (χ4n) is 2.33. The average Bonchev–Trinajstić information content (AvgIpc) is 2.96. The fraction of sp³-hybridized carbons (Fsp3) is 0.562. The zero-order chi connectivity index (χ0) is 13.3. The second-order valence-corrected chi connectivity index (χ2v) is 5.03. The molecule has 0 aromatic heterocycles. The lowest BCUT2D eigenvalue weighted by Crippen LogP contribution is -2.11. The van der Waals surface area contributed by atoms with Gasteiger partial charge in [-0.1, -0.05) is 43.2 Å². The summed E-state index contributed by atoms with van der Waals surface area (Å²) in [4.78, 5) is 11.5. The van der Waals surface area contributed by atoms with Gasteiger partial charge in [0, 0.05) is 13.0 Å². The number of carbonyl (C=O) groups is 1. The van der Waals surface area contributed by atoms with E-state index in [2.05, 4.69) is 0 Å². The second kappa shape index (κ2) is 7.95. The first-order valence-electron chi connectivity index (χ1n) is 7.16. The third-order valence-corrected chi connectivity index (χ3v) is 3.42. The maximum atomic E-state index is 11.5. The third-order valence-electron chi connectivity index (χ3n) is 3.42. The summed E-state index contributed by atoms with van der Waals surface area (Å²) in [5.74, 6) is -0.140. The van der Waals surface area contributed by atoms with Crippen LogP contribution in [-0.4, -0.2) is 18.7 Å². The molecule has 1 aliphatic carbocycles. The molecule has 1 saturated carbocycles. The van der Waals surface area contributed by atoms with Crippen molar-refractivity contribution in [1.82, 2.24) is 0 Å². The summed E-state index contributed by atoms with van der Waals surface area (Å²) in [5, 5.41) is 0. The van der Waals surface area contributed by atoms with Crippen LogP contribution in [0, 0.1) is 0 Å². The van der Waals surface area contributed by atoms with E-state index in [1.54, 1.807) is 0 Å². The quantitative estimate of drug-likeness (QED) is 0.557. The van der Waals surface area contributed by atoms with Gasteiger partial charge in [-0.05, 0) is 24.8 Å². The molecule has 0 radical (unpaired) electrons. The van der Waals surface area contributed by atoms with E-state index >= 15 is 0 Å². The Morgan fingerprint density at radius 3 is 2.63 bits per heavy atom. The van der Waals surface area contributed by atoms with Crippen molar-refractivity contribution >= 4 is 5.97 Å². The zero-order valence-electron chi connectivity index (χ0n) is 11.3. The molecule has 0 saturated heterocycles. The molecule has 0 atom stereocenters. The predicted molar refractivity (Wildman–Crippen MR) is 73.7 cm³/mol. The van der Waals surface area contributed by atoms with E-state index in [-0.39, 0.29) is 5.97 Å². The summed E-state index contributed by atoms with van der Waals surface area (Å²) in [5.41, 5.74) is 1.03. The van der Waals surface area contributed by atoms with Crippen LogP contribution < -0.4 is 0 Å². The van der Waals surface area contributed by atoms with E-state index in [4.69, 9.17) is 9.47 Å². The largest absolute Gasteiger partial charge is 0.461 e. The Bertz CT molecular complexity index is 369. The number of hydrogen-bond donors (Lipinski definition) is 0. The summed E-state index contributed by atoms with van der Waals surface area (Å²) in [6.07, 6.45) is 6.55. The lowest BCUT2D eigenvalue weighted by atomic mass is 10.2. The first-order valence-corrected chi connectivity index (χ1v) is 7.16. The van der Waals surface area contributed by atoms with Gasteiger partial charge in [0.2, 0.25) is 0 Å². The minimum Gasteiger partial charge on any atom is -0.461 e. The molecule has 0 spiro atoms. The Hall–Kier alpha value is -1.35. The van der Waals surface area contributed by atoms with Gasteiger partial charge in [0.25, 0.3) is 0 Å². The van der Waals surface area contributed by atoms with Gasteiger partial charge in [0.15, 0.2) is 0 Å². The number of esters is 1. The number of benzene rings is 1. The molecule has 0 bridgehead atoms. The highest BCUT2D eigenvalue weighted by Gasteiger charge is 2.15. The minimum absolute atomic E-state index is 0.140. The molecule has 104 valence electrons. The van der Waals surface area contributed by atoms with Crippen molar-refractivity contribution in [3.05, 3.63) is 35.9 Å². The van der Waals surface area contributed by atoms with Crippen molar-refractivity contribution in [1.29, 1.82) is 0 Å². The minimum atomic E-state index is -0.140. The number of hydrogen-bond acceptors (Lipinski definition) is 3. The molecule has 3 heteroatoms. The van der Waals surface area contributed by atoms with E-state index in [1.807, 2.05) is 30.3 Å². The van der Waals surface area contributed by atoms with Crippen LogP contribution >= 0.6 is 0 Å². The Morgan fingerprint density at radius 1 is 1.16 bits per heavy atom. The van der Waals surface area contributed by atoms with Crippen LogP contribution in [0.3, 0.4) is 0 Å². The molecule has 2 rings (SSSR count). The normalized spacial score (nSPS) is 15.6. The predicted octanol–water partition coefficient (Wildman–Crippen LogP) is 3.47. The first kappa shape index (κ1) is 14.1. The van der Waals surface area contributed by atoms with Crippen LogP contribution in [0.15, 0.2) is 30.3 Å². The molecule has 0 unspecified atom stereocenters. The Morgan fingerprint density at radius 2 is 1.89 bits per heavy atom. The van der Waals surface area contributed by atoms with Gasteiger partial charge >= 0.3 is 5.97 Å². The summed E-state index contributed by atoms with van der Waals surface area (Å²) >= 11 is 0. The van der Waals surface area contributed by atoms with Crippen molar-refractivity contribution in [2.75, 3.05) is 6.61 Å². The highest BCUT2D eigenvalue weighted by atomic mass is 16.5. The van der Waals surface area contributed by atoms with Crippen molar-refractivity contribution in [2.24, 2.45) is 0 Å². The first-order chi connectivity index (χ1) is 9.34. The second-order valence-electron chi connectivity index (χ2n) is 5.03. The molecule has 1 aromatic carbocycles. The molecule has 19 heavy (non-hydrogen) atoms. The van der Waals surface area contributed by atoms with Crippen molar-refractivity contribution in [2.45, 2.75) is 51.2 Å². The molecular formula is C16H22O3. The molecule has 0 amide bonds. The van der Waals surface area contributed by atoms with Gasteiger partial charge in [-0.3, -0.25) is 4.79 Å². The molecule has 1 aliphatic rings. The van der Waals surface area contributed by atoms with Gasteiger partial charge in [-0.2, -0.15) is 0 Å². The molecule has 0 aliphatic heterocycles. The van der Waals surface area contributed by atoms with Crippen molar-refractivity contribution < 1.29 is 14.3 Å². The fourth-order valence-corrected chi connectivity index (χ4v) is 2.33. The highest BCUT2D eigenvalue weighted by molar-refractivity contribution is 5.69. The van der Waals surface area contributed by atoms with Gasteiger partial charge in [-0.25, -0.2) is 0 Å².